The van der Waals surface area contributed by atoms with Crippen LogP contribution >= 0.6 is 11.3 Å². The van der Waals surface area contributed by atoms with Gasteiger partial charge in [0, 0.05) is 12.6 Å². The summed E-state index contributed by atoms with van der Waals surface area (Å²) in [5.74, 6) is -0.720. The molecule has 0 aliphatic heterocycles. The van der Waals surface area contributed by atoms with Gasteiger partial charge in [-0.25, -0.2) is 9.78 Å². The smallest absolute Gasteiger partial charge is 0.359 e. The molecule has 112 valence electrons. The van der Waals surface area contributed by atoms with Crippen LogP contribution in [0.3, 0.4) is 0 Å². The minimum Gasteiger partial charge on any atom is -0.464 e. The summed E-state index contributed by atoms with van der Waals surface area (Å²) in [6.07, 6.45) is 2.65. The molecule has 0 amide bonds. The second-order valence-corrected chi connectivity index (χ2v) is 5.75. The first kappa shape index (κ1) is 14.5. The van der Waals surface area contributed by atoms with Gasteiger partial charge in [0.25, 0.3) is 0 Å². The number of benzene rings is 1. The van der Waals surface area contributed by atoms with Crippen molar-refractivity contribution >= 4 is 33.7 Å². The molecule has 6 heteroatoms. The summed E-state index contributed by atoms with van der Waals surface area (Å²) in [6, 6.07) is 7.80. The Morgan fingerprint density at radius 2 is 2.09 bits per heavy atom. The molecular weight excluding hydrogens is 300 g/mol. The molecule has 1 aromatic heterocycles. The number of methoxy groups -OCH3 is 1. The molecule has 22 heavy (non-hydrogen) atoms. The van der Waals surface area contributed by atoms with E-state index in [9.17, 15) is 9.59 Å². The monoisotopic (exact) mass is 314 g/mol. The normalized spacial score (nSPS) is 12.5. The number of Topliss-reactive ketones (excluding diaryl/α,β-unsaturated/α-hetero) is 1. The summed E-state index contributed by atoms with van der Waals surface area (Å²) in [5.41, 5.74) is 2.85. The highest BCUT2D eigenvalue weighted by molar-refractivity contribution is 7.18. The number of allylic oxidation sites excluding steroid dienone is 2. The van der Waals surface area contributed by atoms with E-state index in [2.05, 4.69) is 10.3 Å². The second kappa shape index (κ2) is 5.73. The number of carbonyl (C=O) groups is 2. The fourth-order valence-electron chi connectivity index (χ4n) is 2.43. The Morgan fingerprint density at radius 1 is 1.32 bits per heavy atom. The largest absolute Gasteiger partial charge is 0.464 e. The lowest BCUT2D eigenvalue weighted by molar-refractivity contribution is 0.0596. The molecule has 0 spiro atoms. The molecule has 0 radical (unpaired) electrons. The Hall–Kier alpha value is -2.47. The van der Waals surface area contributed by atoms with Crippen molar-refractivity contribution in [2.75, 3.05) is 19.5 Å². The van der Waals surface area contributed by atoms with Gasteiger partial charge < -0.3 is 10.1 Å². The molecular formula is C16H14N2O3S. The van der Waals surface area contributed by atoms with Crippen LogP contribution in [0.4, 0.5) is 5.00 Å². The zero-order valence-corrected chi connectivity index (χ0v) is 13.0. The summed E-state index contributed by atoms with van der Waals surface area (Å²) in [7, 11) is 2.97. The highest BCUT2D eigenvalue weighted by Gasteiger charge is 2.26. The van der Waals surface area contributed by atoms with Gasteiger partial charge in [0.15, 0.2) is 10.7 Å². The Kier molecular flexibility index (Phi) is 3.77. The van der Waals surface area contributed by atoms with Gasteiger partial charge in [0.2, 0.25) is 5.78 Å². The Balaban J connectivity index is 1.97. The van der Waals surface area contributed by atoms with Gasteiger partial charge in [-0.3, -0.25) is 4.79 Å². The van der Waals surface area contributed by atoms with Crippen molar-refractivity contribution in [2.45, 2.75) is 6.42 Å². The average Bonchev–Trinajstić information content (AvgIpc) is 3.17. The van der Waals surface area contributed by atoms with Crippen LogP contribution in [-0.4, -0.2) is 30.9 Å². The molecule has 2 aromatic rings. The number of ether oxygens (including phenoxy) is 1. The first-order valence-electron chi connectivity index (χ1n) is 6.75. The highest BCUT2D eigenvalue weighted by Crippen LogP contribution is 2.33. The van der Waals surface area contributed by atoms with E-state index in [1.165, 1.54) is 7.11 Å². The quantitative estimate of drug-likeness (QED) is 0.694. The first-order valence-corrected chi connectivity index (χ1v) is 7.57. The van der Waals surface area contributed by atoms with E-state index in [1.54, 1.807) is 7.05 Å². The Morgan fingerprint density at radius 3 is 2.82 bits per heavy atom. The summed E-state index contributed by atoms with van der Waals surface area (Å²) in [4.78, 5) is 28.6. The summed E-state index contributed by atoms with van der Waals surface area (Å²) in [6.45, 7) is 0. The summed E-state index contributed by atoms with van der Waals surface area (Å²) in [5, 5.41) is 3.69. The van der Waals surface area contributed by atoms with E-state index >= 15 is 0 Å². The fraction of sp³-hybridized carbons (Fsp3) is 0.188. The van der Waals surface area contributed by atoms with Crippen LogP contribution in [0.1, 0.15) is 31.4 Å². The Bertz CT molecular complexity index is 792. The van der Waals surface area contributed by atoms with Crippen molar-refractivity contribution in [2.24, 2.45) is 0 Å². The van der Waals surface area contributed by atoms with Crippen LogP contribution in [0.15, 0.2) is 30.3 Å². The van der Waals surface area contributed by atoms with Crippen molar-refractivity contribution in [3.8, 4) is 0 Å². The number of thiazole rings is 1. The van der Waals surface area contributed by atoms with E-state index in [1.807, 2.05) is 30.3 Å². The van der Waals surface area contributed by atoms with Crippen molar-refractivity contribution in [1.82, 2.24) is 4.98 Å². The lowest BCUT2D eigenvalue weighted by Gasteiger charge is -2.02. The Labute approximate surface area is 131 Å². The van der Waals surface area contributed by atoms with E-state index in [0.29, 0.717) is 10.6 Å². The number of nitrogens with zero attached hydrogens (tertiary/aromatic N) is 1. The van der Waals surface area contributed by atoms with Crippen LogP contribution < -0.4 is 5.32 Å². The predicted molar refractivity (Wildman–Crippen MR) is 85.5 cm³/mol. The first-order chi connectivity index (χ1) is 10.7. The van der Waals surface area contributed by atoms with Gasteiger partial charge in [-0.1, -0.05) is 41.7 Å². The average molecular weight is 314 g/mol. The van der Waals surface area contributed by atoms with E-state index in [0.717, 1.165) is 28.9 Å². The van der Waals surface area contributed by atoms with Crippen LogP contribution in [-0.2, 0) is 11.2 Å². The standard InChI is InChI=1S/C16H14N2O3S/c1-17-14-12(16(20)21-2)18-15(22-14)13(19)11-8-7-9-5-3-4-6-10(9)11/h3-6,8,17H,7H2,1-2H3. The third kappa shape index (κ3) is 2.31. The molecule has 0 unspecified atom stereocenters. The van der Waals surface area contributed by atoms with Crippen molar-refractivity contribution in [3.63, 3.8) is 0 Å². The molecule has 1 aliphatic rings. The van der Waals surface area contributed by atoms with E-state index in [4.69, 9.17) is 4.74 Å². The molecule has 0 atom stereocenters. The molecule has 0 saturated carbocycles. The molecule has 1 N–H and O–H groups in total. The molecule has 3 rings (SSSR count). The maximum absolute atomic E-state index is 12.7. The summed E-state index contributed by atoms with van der Waals surface area (Å²) < 4.78 is 4.69. The minimum absolute atomic E-state index is 0.144. The van der Waals surface area contributed by atoms with Gasteiger partial charge in [0.1, 0.15) is 5.00 Å². The lowest BCUT2D eigenvalue weighted by atomic mass is 10.0. The number of carbonyl (C=O) groups excluding carboxylic acids is 2. The SMILES string of the molecule is CNc1sc(C(=O)C2=CCc3ccccc32)nc1C(=O)OC. The predicted octanol–water partition coefficient (Wildman–Crippen LogP) is 2.79. The third-order valence-electron chi connectivity index (χ3n) is 3.51. The number of nitrogens with one attached hydrogen (secondary N) is 1. The fourth-order valence-corrected chi connectivity index (χ4v) is 3.30. The number of anilines is 1. The molecule has 1 aromatic carbocycles. The zero-order chi connectivity index (χ0) is 15.7. The molecule has 1 heterocycles. The van der Waals surface area contributed by atoms with Crippen molar-refractivity contribution < 1.29 is 14.3 Å². The zero-order valence-electron chi connectivity index (χ0n) is 12.2. The third-order valence-corrected chi connectivity index (χ3v) is 4.58. The number of rotatable bonds is 4. The molecule has 1 aliphatic carbocycles. The number of aromatic nitrogens is 1. The maximum Gasteiger partial charge on any atom is 0.359 e. The number of hydrogen-bond acceptors (Lipinski definition) is 6. The molecule has 0 bridgehead atoms. The van der Waals surface area contributed by atoms with Gasteiger partial charge in [-0.2, -0.15) is 0 Å². The number of fused-ring (bicyclic) bond motifs is 1. The van der Waals surface area contributed by atoms with Crippen LogP contribution in [0.25, 0.3) is 5.57 Å². The summed E-state index contributed by atoms with van der Waals surface area (Å²) >= 11 is 1.16. The van der Waals surface area contributed by atoms with Crippen LogP contribution in [0.5, 0.6) is 0 Å². The van der Waals surface area contributed by atoms with Crippen LogP contribution in [0, 0.1) is 0 Å². The number of esters is 1. The van der Waals surface area contributed by atoms with Gasteiger partial charge in [-0.15, -0.1) is 0 Å². The molecule has 0 saturated heterocycles. The molecule has 0 fully saturated rings. The van der Waals surface area contributed by atoms with Gasteiger partial charge in [0.05, 0.1) is 7.11 Å². The lowest BCUT2D eigenvalue weighted by Crippen LogP contribution is -2.06. The van der Waals surface area contributed by atoms with E-state index in [-0.39, 0.29) is 16.5 Å². The second-order valence-electron chi connectivity index (χ2n) is 4.75. The van der Waals surface area contributed by atoms with Gasteiger partial charge in [-0.05, 0) is 17.5 Å². The highest BCUT2D eigenvalue weighted by atomic mass is 32.1. The minimum atomic E-state index is -0.555. The van der Waals surface area contributed by atoms with Crippen molar-refractivity contribution in [1.29, 1.82) is 0 Å². The van der Waals surface area contributed by atoms with Crippen molar-refractivity contribution in [3.05, 3.63) is 52.2 Å². The number of hydrogen-bond donors (Lipinski definition) is 1. The maximum atomic E-state index is 12.7. The molecule has 5 nitrogen and oxygen atoms in total. The topological polar surface area (TPSA) is 68.3 Å². The van der Waals surface area contributed by atoms with Crippen LogP contribution in [0.2, 0.25) is 0 Å². The number of ketones is 1. The van der Waals surface area contributed by atoms with E-state index < -0.39 is 5.97 Å². The van der Waals surface area contributed by atoms with Gasteiger partial charge >= 0.3 is 5.97 Å².